The Morgan fingerprint density at radius 2 is 1.55 bits per heavy atom. The van der Waals surface area contributed by atoms with Crippen LogP contribution in [-0.2, 0) is 0 Å². The number of ketones is 1. The highest BCUT2D eigenvalue weighted by atomic mass is 16.1. The van der Waals surface area contributed by atoms with Crippen LogP contribution < -0.4 is 5.43 Å². The molecule has 0 atom stereocenters. The van der Waals surface area contributed by atoms with E-state index in [0.717, 1.165) is 0 Å². The first-order valence-electron chi connectivity index (χ1n) is 6.81. The third kappa shape index (κ3) is 2.12. The molecule has 0 heterocycles. The van der Waals surface area contributed by atoms with Crippen LogP contribution in [-0.4, -0.2) is 16.3 Å². The van der Waals surface area contributed by atoms with Gasteiger partial charge in [0.05, 0.1) is 0 Å². The van der Waals surface area contributed by atoms with Gasteiger partial charge in [-0.25, -0.2) is 0 Å². The van der Waals surface area contributed by atoms with Crippen molar-refractivity contribution in [2.45, 2.75) is 6.92 Å². The summed E-state index contributed by atoms with van der Waals surface area (Å²) in [6.45, 7) is 1.43. The van der Waals surface area contributed by atoms with Crippen molar-refractivity contribution in [1.29, 1.82) is 0 Å². The van der Waals surface area contributed by atoms with Crippen LogP contribution in [0.4, 0.5) is 0 Å². The van der Waals surface area contributed by atoms with Gasteiger partial charge >= 0.3 is 5.71 Å². The van der Waals surface area contributed by atoms with Gasteiger partial charge in [0.2, 0.25) is 0 Å². The zero-order chi connectivity index (χ0) is 15.7. The normalized spacial score (nSPS) is 10.4. The van der Waals surface area contributed by atoms with Crippen LogP contribution in [0.15, 0.2) is 59.4 Å². The molecule has 3 rings (SSSR count). The lowest BCUT2D eigenvalue weighted by molar-refractivity contribution is -0.00676. The number of benzene rings is 2. The fraction of sp³-hybridized carbons (Fsp3) is 0.0556. The molecule has 0 saturated heterocycles. The predicted octanol–water partition coefficient (Wildman–Crippen LogP) is 3.23. The van der Waals surface area contributed by atoms with E-state index in [1.807, 2.05) is 6.07 Å². The molecule has 4 heteroatoms. The Bertz CT molecular complexity index is 1030. The summed E-state index contributed by atoms with van der Waals surface area (Å²) in [4.78, 5) is 28.2. The molecule has 0 bridgehead atoms. The molecule has 4 nitrogen and oxygen atoms in total. The van der Waals surface area contributed by atoms with Crippen molar-refractivity contribution in [3.05, 3.63) is 75.9 Å². The Balaban J connectivity index is 2.61. The van der Waals surface area contributed by atoms with Crippen LogP contribution in [0.5, 0.6) is 0 Å². The summed E-state index contributed by atoms with van der Waals surface area (Å²) in [6, 6.07) is 15.8. The van der Waals surface area contributed by atoms with E-state index in [1.165, 1.54) is 6.92 Å². The molecule has 0 fully saturated rings. The van der Waals surface area contributed by atoms with E-state index in [4.69, 9.17) is 5.53 Å². The second kappa shape index (κ2) is 5.35. The monoisotopic (exact) mass is 288 g/mol. The number of hydrogen-bond acceptors (Lipinski definition) is 2. The molecule has 0 amide bonds. The second-order valence-electron chi connectivity index (χ2n) is 5.03. The molecule has 0 aliphatic rings. The Morgan fingerprint density at radius 1 is 0.955 bits per heavy atom. The number of rotatable bonds is 2. The average Bonchev–Trinajstić information content (AvgIpc) is 2.69. The van der Waals surface area contributed by atoms with Crippen molar-refractivity contribution in [1.82, 2.24) is 0 Å². The van der Waals surface area contributed by atoms with E-state index < -0.39 is 5.78 Å². The Labute approximate surface area is 126 Å². The third-order valence-electron chi connectivity index (χ3n) is 3.69. The van der Waals surface area contributed by atoms with Crippen LogP contribution in [0.2, 0.25) is 0 Å². The van der Waals surface area contributed by atoms with Gasteiger partial charge < -0.3 is 5.53 Å². The fourth-order valence-corrected chi connectivity index (χ4v) is 2.55. The van der Waals surface area contributed by atoms with Gasteiger partial charge in [0.1, 0.15) is 0 Å². The summed E-state index contributed by atoms with van der Waals surface area (Å²) < 4.78 is 0. The number of hydrogen-bond donors (Lipinski definition) is 0. The molecular weight excluding hydrogens is 276 g/mol. The number of fused-ring (bicyclic) bond motifs is 2. The van der Waals surface area contributed by atoms with E-state index in [1.54, 1.807) is 48.5 Å². The van der Waals surface area contributed by atoms with E-state index in [2.05, 4.69) is 4.79 Å². The van der Waals surface area contributed by atoms with Gasteiger partial charge in [-0.2, -0.15) is 4.79 Å². The van der Waals surface area contributed by atoms with Crippen molar-refractivity contribution in [3.8, 4) is 0 Å². The quantitative estimate of drug-likeness (QED) is 0.314. The number of carbonyl (C=O) groups is 1. The summed E-state index contributed by atoms with van der Waals surface area (Å²) in [5.41, 5.74) is 9.08. The summed E-state index contributed by atoms with van der Waals surface area (Å²) in [5, 5.41) is 2.25. The first-order chi connectivity index (χ1) is 10.6. The Morgan fingerprint density at radius 3 is 2.23 bits per heavy atom. The maximum Gasteiger partial charge on any atom is 0.336 e. The van der Waals surface area contributed by atoms with E-state index in [9.17, 15) is 9.59 Å². The average molecular weight is 288 g/mol. The van der Waals surface area contributed by atoms with Crippen molar-refractivity contribution >= 4 is 33.0 Å². The van der Waals surface area contributed by atoms with Crippen LogP contribution in [0.25, 0.3) is 27.1 Å². The molecule has 0 N–H and O–H groups in total. The van der Waals surface area contributed by atoms with Crippen LogP contribution in [0.3, 0.4) is 0 Å². The number of Topliss-reactive ketones (excluding diaryl/α,β-unsaturated/α-hetero) is 1. The fourth-order valence-electron chi connectivity index (χ4n) is 2.55. The molecule has 22 heavy (non-hydrogen) atoms. The molecule has 3 aromatic rings. The van der Waals surface area contributed by atoms with Crippen LogP contribution >= 0.6 is 0 Å². The van der Waals surface area contributed by atoms with Gasteiger partial charge in [-0.15, -0.1) is 0 Å². The number of nitrogens with zero attached hydrogens (tertiary/aromatic N) is 2. The minimum absolute atomic E-state index is 0.0205. The van der Waals surface area contributed by atoms with Gasteiger partial charge in [0.25, 0.3) is 5.78 Å². The summed E-state index contributed by atoms with van der Waals surface area (Å²) in [6.07, 6.45) is 0. The van der Waals surface area contributed by atoms with Crippen molar-refractivity contribution in [2.24, 2.45) is 0 Å². The van der Waals surface area contributed by atoms with Gasteiger partial charge in [0.15, 0.2) is 5.43 Å². The minimum atomic E-state index is -0.403. The third-order valence-corrected chi connectivity index (χ3v) is 3.69. The van der Waals surface area contributed by atoms with Crippen molar-refractivity contribution in [2.75, 3.05) is 0 Å². The van der Waals surface area contributed by atoms with Gasteiger partial charge in [-0.05, 0) is 16.8 Å². The summed E-state index contributed by atoms with van der Waals surface area (Å²) in [7, 11) is 0. The van der Waals surface area contributed by atoms with Crippen LogP contribution in [0, 0.1) is 0 Å². The lowest BCUT2D eigenvalue weighted by Crippen LogP contribution is -2.11. The smallest absolute Gasteiger partial charge is 0.336 e. The molecule has 106 valence electrons. The second-order valence-corrected chi connectivity index (χ2v) is 5.03. The topological polar surface area (TPSA) is 70.5 Å². The number of carbonyl (C=O) groups excluding carboxylic acids is 1. The molecule has 0 saturated carbocycles. The minimum Gasteiger partial charge on any atom is -0.361 e. The van der Waals surface area contributed by atoms with Crippen LogP contribution in [0.1, 0.15) is 17.3 Å². The predicted molar refractivity (Wildman–Crippen MR) is 86.4 cm³/mol. The van der Waals surface area contributed by atoms with E-state index in [-0.39, 0.29) is 11.1 Å². The molecule has 3 aromatic carbocycles. The SMILES string of the molecule is CC(=[N+]=[N-])C(=O)c1cc2ccccc2c(=O)c2ccccc12. The Kier molecular flexibility index (Phi) is 3.37. The molecule has 0 aromatic heterocycles. The Hall–Kier alpha value is -3.10. The maximum atomic E-state index is 12.7. The zero-order valence-corrected chi connectivity index (χ0v) is 11.9. The molecule has 0 aliphatic heterocycles. The standard InChI is InChI=1S/C18H12N2O2/c1-11(20-19)17(21)16-10-12-6-2-3-7-13(12)18(22)15-9-5-4-8-14(15)16/h2-10H,1H3. The highest BCUT2D eigenvalue weighted by Crippen LogP contribution is 2.20. The van der Waals surface area contributed by atoms with E-state index in [0.29, 0.717) is 27.1 Å². The zero-order valence-electron chi connectivity index (χ0n) is 11.9. The first-order valence-corrected chi connectivity index (χ1v) is 6.81. The largest absolute Gasteiger partial charge is 0.361 e. The molecule has 0 spiro atoms. The van der Waals surface area contributed by atoms with Gasteiger partial charge in [0, 0.05) is 23.3 Å². The highest BCUT2D eigenvalue weighted by Gasteiger charge is 2.20. The maximum absolute atomic E-state index is 12.7. The van der Waals surface area contributed by atoms with Crippen molar-refractivity contribution in [3.63, 3.8) is 0 Å². The molecular formula is C18H12N2O2. The van der Waals surface area contributed by atoms with Gasteiger partial charge in [-0.1, -0.05) is 48.5 Å². The molecule has 0 radical (unpaired) electrons. The summed E-state index contributed by atoms with van der Waals surface area (Å²) >= 11 is 0. The molecule has 0 unspecified atom stereocenters. The first kappa shape index (κ1) is 13.9. The van der Waals surface area contributed by atoms with Crippen molar-refractivity contribution < 1.29 is 9.58 Å². The highest BCUT2D eigenvalue weighted by molar-refractivity contribution is 6.45. The summed E-state index contributed by atoms with van der Waals surface area (Å²) in [5.74, 6) is -0.403. The lowest BCUT2D eigenvalue weighted by atomic mass is 10.0. The lowest BCUT2D eigenvalue weighted by Gasteiger charge is -1.97. The van der Waals surface area contributed by atoms with E-state index >= 15 is 0 Å². The molecule has 0 aliphatic carbocycles. The van der Waals surface area contributed by atoms with Gasteiger partial charge in [-0.3, -0.25) is 9.59 Å².